The van der Waals surface area contributed by atoms with Crippen LogP contribution in [-0.2, 0) is 11.3 Å². The third-order valence-corrected chi connectivity index (χ3v) is 4.81. The van der Waals surface area contributed by atoms with E-state index in [1.54, 1.807) is 11.1 Å². The topological polar surface area (TPSA) is 75.4 Å². The van der Waals surface area contributed by atoms with Crippen molar-refractivity contribution >= 4 is 11.9 Å². The molecule has 1 aromatic heterocycles. The number of nitrogens with zero attached hydrogens (tertiary/aromatic N) is 3. The maximum Gasteiger partial charge on any atom is 0.308 e. The molecule has 2 heterocycles. The predicted octanol–water partition coefficient (Wildman–Crippen LogP) is 2.35. The molecule has 1 amide bonds. The first-order valence-corrected chi connectivity index (χ1v) is 8.59. The number of hydrogen-bond acceptors (Lipinski definition) is 3. The van der Waals surface area contributed by atoms with E-state index in [4.69, 9.17) is 0 Å². The molecule has 1 N–H and O–H groups in total. The van der Waals surface area contributed by atoms with Crippen LogP contribution in [-0.4, -0.2) is 44.8 Å². The fourth-order valence-electron chi connectivity index (χ4n) is 3.60. The summed E-state index contributed by atoms with van der Waals surface area (Å²) in [4.78, 5) is 26.0. The van der Waals surface area contributed by atoms with Gasteiger partial charge in [0.25, 0.3) is 5.91 Å². The summed E-state index contributed by atoms with van der Waals surface area (Å²) in [5.41, 5.74) is 1.74. The zero-order valence-corrected chi connectivity index (χ0v) is 13.9. The quantitative estimate of drug-likeness (QED) is 0.904. The molecule has 1 saturated carbocycles. The van der Waals surface area contributed by atoms with E-state index in [0.717, 1.165) is 31.5 Å². The lowest BCUT2D eigenvalue weighted by molar-refractivity contribution is -0.143. The van der Waals surface area contributed by atoms with Crippen molar-refractivity contribution in [2.75, 3.05) is 13.1 Å². The Morgan fingerprint density at radius 3 is 2.70 bits per heavy atom. The Morgan fingerprint density at radius 2 is 2.09 bits per heavy atom. The van der Waals surface area contributed by atoms with Crippen molar-refractivity contribution in [3.05, 3.63) is 17.5 Å². The van der Waals surface area contributed by atoms with Crippen LogP contribution in [0.3, 0.4) is 0 Å². The summed E-state index contributed by atoms with van der Waals surface area (Å²) in [7, 11) is 0. The van der Waals surface area contributed by atoms with Crippen LogP contribution in [0.25, 0.3) is 0 Å². The minimum absolute atomic E-state index is 0.0490. The molecule has 1 aliphatic carbocycles. The van der Waals surface area contributed by atoms with Crippen LogP contribution in [0.5, 0.6) is 0 Å². The lowest BCUT2D eigenvalue weighted by Crippen LogP contribution is -2.45. The number of carboxylic acids is 1. The number of carbonyl (C=O) groups is 2. The summed E-state index contributed by atoms with van der Waals surface area (Å²) in [6.07, 6.45) is 5.54. The summed E-state index contributed by atoms with van der Waals surface area (Å²) in [5.74, 6) is -0.660. The third kappa shape index (κ3) is 3.26. The molecule has 23 heavy (non-hydrogen) atoms. The van der Waals surface area contributed by atoms with Crippen LogP contribution >= 0.6 is 0 Å². The molecule has 2 fully saturated rings. The van der Waals surface area contributed by atoms with Crippen molar-refractivity contribution < 1.29 is 14.7 Å². The number of carbonyl (C=O) groups excluding carboxylic acids is 1. The lowest BCUT2D eigenvalue weighted by Gasteiger charge is -2.34. The zero-order chi connectivity index (χ0) is 16.6. The van der Waals surface area contributed by atoms with Gasteiger partial charge in [-0.25, -0.2) is 0 Å². The summed E-state index contributed by atoms with van der Waals surface area (Å²) < 4.78 is 1.97. The summed E-state index contributed by atoms with van der Waals surface area (Å²) >= 11 is 0. The van der Waals surface area contributed by atoms with Crippen molar-refractivity contribution in [2.24, 2.45) is 11.8 Å². The number of likely N-dealkylation sites (tertiary alicyclic amines) is 1. The Bertz CT molecular complexity index is 606. The first-order valence-electron chi connectivity index (χ1n) is 8.59. The van der Waals surface area contributed by atoms with Gasteiger partial charge >= 0.3 is 5.97 Å². The highest BCUT2D eigenvalue weighted by atomic mass is 16.4. The molecule has 6 heteroatoms. The van der Waals surface area contributed by atoms with Gasteiger partial charge in [-0.3, -0.25) is 14.3 Å². The molecule has 6 nitrogen and oxygen atoms in total. The van der Waals surface area contributed by atoms with Gasteiger partial charge < -0.3 is 10.0 Å². The Morgan fingerprint density at radius 1 is 1.35 bits per heavy atom. The van der Waals surface area contributed by atoms with Crippen molar-refractivity contribution in [2.45, 2.75) is 52.0 Å². The second kappa shape index (κ2) is 6.34. The average Bonchev–Trinajstić information content (AvgIpc) is 3.27. The van der Waals surface area contributed by atoms with Gasteiger partial charge in [-0.2, -0.15) is 5.10 Å². The van der Waals surface area contributed by atoms with E-state index in [9.17, 15) is 14.7 Å². The standard InChI is InChI=1S/C17H25N3O3/c1-3-6-20-15(12-4-5-12)14(8-18-20)16(21)19-9-11(2)7-13(10-19)17(22)23/h8,11-13H,3-7,9-10H2,1-2H3,(H,22,23). The Hall–Kier alpha value is -1.85. The van der Waals surface area contributed by atoms with Crippen molar-refractivity contribution in [3.8, 4) is 0 Å². The number of aliphatic carboxylic acids is 1. The zero-order valence-electron chi connectivity index (χ0n) is 13.9. The highest BCUT2D eigenvalue weighted by Crippen LogP contribution is 2.42. The molecule has 0 spiro atoms. The van der Waals surface area contributed by atoms with Gasteiger partial charge in [-0.15, -0.1) is 0 Å². The highest BCUT2D eigenvalue weighted by Gasteiger charge is 2.37. The fourth-order valence-corrected chi connectivity index (χ4v) is 3.60. The molecule has 0 bridgehead atoms. The first kappa shape index (κ1) is 16.0. The normalized spacial score (nSPS) is 24.7. The number of aromatic nitrogens is 2. The molecule has 126 valence electrons. The van der Waals surface area contributed by atoms with E-state index in [2.05, 4.69) is 12.0 Å². The van der Waals surface area contributed by atoms with Crippen LogP contribution < -0.4 is 0 Å². The molecule has 1 aromatic rings. The molecular formula is C17H25N3O3. The molecule has 1 saturated heterocycles. The molecule has 2 unspecified atom stereocenters. The molecule has 1 aliphatic heterocycles. The minimum atomic E-state index is -0.807. The maximum absolute atomic E-state index is 13.0. The number of carboxylic acid groups (broad SMARTS) is 1. The van der Waals surface area contributed by atoms with Crippen molar-refractivity contribution in [1.82, 2.24) is 14.7 Å². The van der Waals surface area contributed by atoms with Gasteiger partial charge in [-0.05, 0) is 31.6 Å². The molecule has 0 radical (unpaired) electrons. The van der Waals surface area contributed by atoms with Crippen LogP contribution in [0.2, 0.25) is 0 Å². The number of amides is 1. The van der Waals surface area contributed by atoms with E-state index < -0.39 is 11.9 Å². The van der Waals surface area contributed by atoms with E-state index in [0.29, 0.717) is 31.0 Å². The number of aryl methyl sites for hydroxylation is 1. The van der Waals surface area contributed by atoms with Crippen LogP contribution in [0.1, 0.15) is 61.5 Å². The number of rotatable bonds is 5. The molecule has 0 aromatic carbocycles. The Labute approximate surface area is 136 Å². The number of hydrogen-bond donors (Lipinski definition) is 1. The fraction of sp³-hybridized carbons (Fsp3) is 0.706. The van der Waals surface area contributed by atoms with Crippen LogP contribution in [0.15, 0.2) is 6.20 Å². The van der Waals surface area contributed by atoms with Gasteiger partial charge in [0.1, 0.15) is 0 Å². The lowest BCUT2D eigenvalue weighted by atomic mass is 9.90. The van der Waals surface area contributed by atoms with Gasteiger partial charge in [0.2, 0.25) is 0 Å². The van der Waals surface area contributed by atoms with Crippen LogP contribution in [0.4, 0.5) is 0 Å². The minimum Gasteiger partial charge on any atom is -0.481 e. The average molecular weight is 319 g/mol. The Kier molecular flexibility index (Phi) is 4.41. The van der Waals surface area contributed by atoms with Gasteiger partial charge in [0.05, 0.1) is 23.4 Å². The largest absolute Gasteiger partial charge is 0.481 e. The summed E-state index contributed by atoms with van der Waals surface area (Å²) in [6, 6.07) is 0. The van der Waals surface area contributed by atoms with Gasteiger partial charge in [-0.1, -0.05) is 13.8 Å². The SMILES string of the molecule is CCCn1ncc(C(=O)N2CC(C)CC(C(=O)O)C2)c1C1CC1. The molecule has 3 rings (SSSR count). The smallest absolute Gasteiger partial charge is 0.308 e. The second-order valence-electron chi connectivity index (χ2n) is 7.03. The van der Waals surface area contributed by atoms with Crippen molar-refractivity contribution in [3.63, 3.8) is 0 Å². The maximum atomic E-state index is 13.0. The van der Waals surface area contributed by atoms with E-state index in [-0.39, 0.29) is 11.8 Å². The summed E-state index contributed by atoms with van der Waals surface area (Å²) in [6.45, 7) is 5.88. The summed E-state index contributed by atoms with van der Waals surface area (Å²) in [5, 5.41) is 13.7. The van der Waals surface area contributed by atoms with Crippen molar-refractivity contribution in [1.29, 1.82) is 0 Å². The monoisotopic (exact) mass is 319 g/mol. The molecule has 2 aliphatic rings. The first-order chi connectivity index (χ1) is 11.0. The predicted molar refractivity (Wildman–Crippen MR) is 85.3 cm³/mol. The van der Waals surface area contributed by atoms with Gasteiger partial charge in [0.15, 0.2) is 0 Å². The third-order valence-electron chi connectivity index (χ3n) is 4.81. The van der Waals surface area contributed by atoms with Crippen LogP contribution in [0, 0.1) is 11.8 Å². The second-order valence-corrected chi connectivity index (χ2v) is 7.03. The van der Waals surface area contributed by atoms with E-state index >= 15 is 0 Å². The Balaban J connectivity index is 1.83. The van der Waals surface area contributed by atoms with E-state index in [1.165, 1.54) is 0 Å². The number of piperidine rings is 1. The van der Waals surface area contributed by atoms with Gasteiger partial charge in [0, 0.05) is 25.6 Å². The van der Waals surface area contributed by atoms with E-state index in [1.807, 2.05) is 11.6 Å². The highest BCUT2D eigenvalue weighted by molar-refractivity contribution is 5.95. The molecular weight excluding hydrogens is 294 g/mol. The molecule has 2 atom stereocenters.